The standard InChI is InChI=1S/C39H76N2/c1-5-8-11-13-15-16-17-18-19-20-21-22-23-24-26-28-31-34-38(33-29-10-7-3)39-40-35-36-41(39)37(4)32-30-27-25-14-12-9-6-2/h35-38H,5-34H2,1-4H3/p+1. The molecule has 0 fully saturated rings. The Morgan fingerprint density at radius 1 is 0.463 bits per heavy atom. The Morgan fingerprint density at radius 3 is 1.20 bits per heavy atom. The lowest BCUT2D eigenvalue weighted by Gasteiger charge is -2.17. The number of H-pyrrole nitrogens is 1. The quantitative estimate of drug-likeness (QED) is 0.0653. The first-order valence-corrected chi connectivity index (χ1v) is 19.3. The second-order valence-corrected chi connectivity index (χ2v) is 13.6. The third-order valence-electron chi connectivity index (χ3n) is 9.64. The Hall–Kier alpha value is -0.790. The van der Waals surface area contributed by atoms with Gasteiger partial charge in [-0.15, -0.1) is 0 Å². The number of hydrogen-bond donors (Lipinski definition) is 1. The average Bonchev–Trinajstić information content (AvgIpc) is 3.47. The van der Waals surface area contributed by atoms with E-state index in [2.05, 4.69) is 49.6 Å². The molecule has 1 rings (SSSR count). The van der Waals surface area contributed by atoms with Crippen molar-refractivity contribution in [3.63, 3.8) is 0 Å². The van der Waals surface area contributed by atoms with E-state index in [4.69, 9.17) is 0 Å². The minimum absolute atomic E-state index is 0.621. The van der Waals surface area contributed by atoms with Gasteiger partial charge in [-0.25, -0.2) is 9.55 Å². The van der Waals surface area contributed by atoms with Gasteiger partial charge in [0.15, 0.2) is 0 Å². The van der Waals surface area contributed by atoms with Crippen LogP contribution in [0.1, 0.15) is 238 Å². The van der Waals surface area contributed by atoms with E-state index in [1.165, 1.54) is 198 Å². The molecule has 41 heavy (non-hydrogen) atoms. The van der Waals surface area contributed by atoms with Gasteiger partial charge in [0.25, 0.3) is 5.82 Å². The lowest BCUT2D eigenvalue weighted by atomic mass is 9.93. The number of imidazole rings is 1. The van der Waals surface area contributed by atoms with Gasteiger partial charge in [-0.1, -0.05) is 188 Å². The van der Waals surface area contributed by atoms with Crippen LogP contribution in [-0.4, -0.2) is 4.98 Å². The molecule has 2 unspecified atom stereocenters. The molecule has 0 radical (unpaired) electrons. The van der Waals surface area contributed by atoms with Crippen LogP contribution in [0, 0.1) is 0 Å². The van der Waals surface area contributed by atoms with Crippen LogP contribution in [0.25, 0.3) is 0 Å². The van der Waals surface area contributed by atoms with Crippen molar-refractivity contribution in [1.29, 1.82) is 0 Å². The number of unbranched alkanes of at least 4 members (excludes halogenated alkanes) is 24. The van der Waals surface area contributed by atoms with E-state index in [0.29, 0.717) is 12.0 Å². The van der Waals surface area contributed by atoms with Crippen molar-refractivity contribution in [3.05, 3.63) is 18.2 Å². The normalized spacial score (nSPS) is 13.2. The van der Waals surface area contributed by atoms with Crippen LogP contribution in [-0.2, 0) is 0 Å². The zero-order valence-electron chi connectivity index (χ0n) is 29.0. The fourth-order valence-corrected chi connectivity index (χ4v) is 6.78. The number of aromatic amines is 1. The summed E-state index contributed by atoms with van der Waals surface area (Å²) in [4.78, 5) is 3.71. The van der Waals surface area contributed by atoms with E-state index in [9.17, 15) is 0 Å². The Labute approximate surface area is 259 Å². The summed E-state index contributed by atoms with van der Waals surface area (Å²) >= 11 is 0. The molecule has 242 valence electrons. The van der Waals surface area contributed by atoms with Crippen LogP contribution in [0.3, 0.4) is 0 Å². The van der Waals surface area contributed by atoms with Gasteiger partial charge in [0, 0.05) is 0 Å². The molecule has 0 aromatic carbocycles. The highest BCUT2D eigenvalue weighted by atomic mass is 15.1. The molecule has 2 heteroatoms. The largest absolute Gasteiger partial charge is 0.257 e. The van der Waals surface area contributed by atoms with Gasteiger partial charge >= 0.3 is 0 Å². The molecular formula is C39H77N2+. The number of rotatable bonds is 32. The zero-order chi connectivity index (χ0) is 29.6. The van der Waals surface area contributed by atoms with Crippen molar-refractivity contribution in [2.45, 2.75) is 232 Å². The van der Waals surface area contributed by atoms with Crippen molar-refractivity contribution in [2.75, 3.05) is 0 Å². The Balaban J connectivity index is 2.19. The number of hydrogen-bond acceptors (Lipinski definition) is 0. The van der Waals surface area contributed by atoms with E-state index in [0.717, 1.165) is 0 Å². The Bertz CT molecular complexity index is 635. The van der Waals surface area contributed by atoms with Crippen molar-refractivity contribution < 1.29 is 4.57 Å². The molecule has 1 heterocycles. The molecule has 2 atom stereocenters. The molecule has 2 nitrogen and oxygen atoms in total. The Kier molecular flexibility index (Phi) is 27.3. The van der Waals surface area contributed by atoms with E-state index in [-0.39, 0.29) is 0 Å². The van der Waals surface area contributed by atoms with Crippen molar-refractivity contribution >= 4 is 0 Å². The highest BCUT2D eigenvalue weighted by molar-refractivity contribution is 4.90. The summed E-state index contributed by atoms with van der Waals surface area (Å²) in [6, 6.07) is 0.621. The van der Waals surface area contributed by atoms with Gasteiger partial charge in [0.05, 0.1) is 12.0 Å². The van der Waals surface area contributed by atoms with Gasteiger partial charge in [0.2, 0.25) is 0 Å². The summed E-state index contributed by atoms with van der Waals surface area (Å²) in [7, 11) is 0. The molecule has 0 bridgehead atoms. The van der Waals surface area contributed by atoms with Gasteiger partial charge < -0.3 is 0 Å². The summed E-state index contributed by atoms with van der Waals surface area (Å²) in [6.45, 7) is 9.41. The monoisotopic (exact) mass is 574 g/mol. The van der Waals surface area contributed by atoms with Crippen molar-refractivity contribution in [1.82, 2.24) is 4.98 Å². The SMILES string of the molecule is CCCCCCCCCCCCCCCCCCCC(CCCCC)c1[nH]cc[n+]1C(C)CCCCCCCCC. The fourth-order valence-electron chi connectivity index (χ4n) is 6.78. The molecule has 1 aromatic heterocycles. The fraction of sp³-hybridized carbons (Fsp3) is 0.923. The van der Waals surface area contributed by atoms with E-state index in [1.807, 2.05) is 0 Å². The van der Waals surface area contributed by atoms with Gasteiger partial charge in [-0.2, -0.15) is 0 Å². The molecule has 1 N–H and O–H groups in total. The summed E-state index contributed by atoms with van der Waals surface area (Å²) < 4.78 is 2.61. The molecule has 0 amide bonds. The van der Waals surface area contributed by atoms with Gasteiger partial charge in [0.1, 0.15) is 12.4 Å². The maximum absolute atomic E-state index is 3.71. The van der Waals surface area contributed by atoms with Gasteiger partial charge in [-0.05, 0) is 32.6 Å². The summed E-state index contributed by atoms with van der Waals surface area (Å²) in [5.74, 6) is 2.23. The van der Waals surface area contributed by atoms with E-state index < -0.39 is 0 Å². The highest BCUT2D eigenvalue weighted by Crippen LogP contribution is 2.27. The first-order valence-electron chi connectivity index (χ1n) is 19.3. The van der Waals surface area contributed by atoms with E-state index in [1.54, 1.807) is 0 Å². The maximum atomic E-state index is 3.71. The first kappa shape index (κ1) is 38.2. The van der Waals surface area contributed by atoms with Crippen LogP contribution in [0.4, 0.5) is 0 Å². The van der Waals surface area contributed by atoms with Crippen LogP contribution >= 0.6 is 0 Å². The van der Waals surface area contributed by atoms with Crippen LogP contribution in [0.2, 0.25) is 0 Å². The molecule has 0 aliphatic heterocycles. The number of nitrogens with zero attached hydrogens (tertiary/aromatic N) is 1. The molecule has 0 aliphatic rings. The Morgan fingerprint density at radius 2 is 0.780 bits per heavy atom. The lowest BCUT2D eigenvalue weighted by Crippen LogP contribution is -2.41. The number of aromatic nitrogens is 2. The van der Waals surface area contributed by atoms with Crippen LogP contribution in [0.15, 0.2) is 12.4 Å². The lowest BCUT2D eigenvalue weighted by molar-refractivity contribution is -0.727. The zero-order valence-corrected chi connectivity index (χ0v) is 29.0. The second-order valence-electron chi connectivity index (χ2n) is 13.6. The summed E-state index contributed by atoms with van der Waals surface area (Å²) in [5, 5.41) is 0. The average molecular weight is 574 g/mol. The molecule has 0 aliphatic carbocycles. The predicted octanol–water partition coefficient (Wildman–Crippen LogP) is 13.7. The number of nitrogens with one attached hydrogen (secondary N) is 1. The van der Waals surface area contributed by atoms with Crippen LogP contribution in [0.5, 0.6) is 0 Å². The second kappa shape index (κ2) is 29.3. The van der Waals surface area contributed by atoms with E-state index >= 15 is 0 Å². The molecule has 0 saturated heterocycles. The highest BCUT2D eigenvalue weighted by Gasteiger charge is 2.25. The van der Waals surface area contributed by atoms with Crippen molar-refractivity contribution in [2.24, 2.45) is 0 Å². The molecule has 0 spiro atoms. The molecular weight excluding hydrogens is 496 g/mol. The summed E-state index contributed by atoms with van der Waals surface area (Å²) in [6.07, 6.45) is 47.2. The topological polar surface area (TPSA) is 19.7 Å². The smallest absolute Gasteiger partial charge is 0.247 e. The third-order valence-corrected chi connectivity index (χ3v) is 9.64. The summed E-state index contributed by atoms with van der Waals surface area (Å²) in [5.41, 5.74) is 0. The molecule has 0 saturated carbocycles. The minimum Gasteiger partial charge on any atom is -0.247 e. The predicted molar refractivity (Wildman–Crippen MR) is 184 cm³/mol. The molecule has 1 aromatic rings. The maximum Gasteiger partial charge on any atom is 0.257 e. The van der Waals surface area contributed by atoms with Gasteiger partial charge in [-0.3, -0.25) is 0 Å². The van der Waals surface area contributed by atoms with Crippen LogP contribution < -0.4 is 4.57 Å². The first-order chi connectivity index (χ1) is 20.2. The van der Waals surface area contributed by atoms with Crippen molar-refractivity contribution in [3.8, 4) is 0 Å². The third kappa shape index (κ3) is 21.5. The minimum atomic E-state index is 0.621.